The number of amides is 1. The summed E-state index contributed by atoms with van der Waals surface area (Å²) in [5, 5.41) is 6.33. The van der Waals surface area contributed by atoms with Crippen LogP contribution in [0, 0.1) is 0 Å². The molecular weight excluding hydrogens is 356 g/mol. The highest BCUT2D eigenvalue weighted by molar-refractivity contribution is 9.11. The summed E-state index contributed by atoms with van der Waals surface area (Å²) >= 11 is 6.99. The number of rotatable bonds is 4. The van der Waals surface area contributed by atoms with Crippen molar-refractivity contribution < 1.29 is 4.79 Å². The number of thiophene rings is 1. The standard InChI is InChI=1S/C11H15BrN2OS2.ClH/c12-10-2-1-9(17-10)6-14-11(15)5-8-7-16-4-3-13-8;/h1-2,8,13H,3-7H2,(H,14,15);1H. The fourth-order valence-corrected chi connectivity index (χ4v) is 4.05. The van der Waals surface area contributed by atoms with Gasteiger partial charge in [-0.3, -0.25) is 4.79 Å². The second-order valence-corrected chi connectivity index (χ2v) is 7.61. The van der Waals surface area contributed by atoms with E-state index < -0.39 is 0 Å². The minimum absolute atomic E-state index is 0. The molecule has 0 aliphatic carbocycles. The average molecular weight is 372 g/mol. The van der Waals surface area contributed by atoms with Crippen molar-refractivity contribution in [2.45, 2.75) is 19.0 Å². The Morgan fingerprint density at radius 1 is 1.56 bits per heavy atom. The Bertz CT molecular complexity index is 383. The van der Waals surface area contributed by atoms with Crippen molar-refractivity contribution in [3.05, 3.63) is 20.8 Å². The lowest BCUT2D eigenvalue weighted by Crippen LogP contribution is -2.41. The van der Waals surface area contributed by atoms with Crippen molar-refractivity contribution in [1.29, 1.82) is 0 Å². The van der Waals surface area contributed by atoms with Gasteiger partial charge >= 0.3 is 0 Å². The van der Waals surface area contributed by atoms with Crippen LogP contribution in [0.25, 0.3) is 0 Å². The van der Waals surface area contributed by atoms with Crippen LogP contribution in [-0.2, 0) is 11.3 Å². The van der Waals surface area contributed by atoms with Crippen molar-refractivity contribution in [3.63, 3.8) is 0 Å². The first-order valence-electron chi connectivity index (χ1n) is 5.56. The Labute approximate surface area is 130 Å². The summed E-state index contributed by atoms with van der Waals surface area (Å²) in [5.74, 6) is 2.33. The number of thioether (sulfide) groups is 1. The van der Waals surface area contributed by atoms with Crippen LogP contribution in [0.15, 0.2) is 15.9 Å². The van der Waals surface area contributed by atoms with Gasteiger partial charge in [0.15, 0.2) is 0 Å². The van der Waals surface area contributed by atoms with Crippen LogP contribution < -0.4 is 10.6 Å². The van der Waals surface area contributed by atoms with Crippen LogP contribution >= 0.6 is 51.4 Å². The van der Waals surface area contributed by atoms with E-state index >= 15 is 0 Å². The van der Waals surface area contributed by atoms with Crippen LogP contribution in [0.2, 0.25) is 0 Å². The maximum absolute atomic E-state index is 11.7. The first-order chi connectivity index (χ1) is 8.24. The van der Waals surface area contributed by atoms with E-state index in [1.54, 1.807) is 11.3 Å². The molecule has 2 rings (SSSR count). The molecule has 2 N–H and O–H groups in total. The molecule has 0 bridgehead atoms. The Hall–Kier alpha value is 0.250. The number of nitrogens with one attached hydrogen (secondary N) is 2. The van der Waals surface area contributed by atoms with E-state index in [9.17, 15) is 4.79 Å². The summed E-state index contributed by atoms with van der Waals surface area (Å²) in [6, 6.07) is 4.37. The zero-order valence-corrected chi connectivity index (χ0v) is 13.8. The Morgan fingerprint density at radius 3 is 3.00 bits per heavy atom. The van der Waals surface area contributed by atoms with E-state index in [0.29, 0.717) is 19.0 Å². The molecule has 1 amide bonds. The maximum Gasteiger partial charge on any atom is 0.221 e. The Balaban J connectivity index is 0.00000162. The summed E-state index contributed by atoms with van der Waals surface area (Å²) in [6.45, 7) is 1.65. The number of halogens is 2. The number of carbonyl (C=O) groups excluding carboxylic acids is 1. The summed E-state index contributed by atoms with van der Waals surface area (Å²) in [7, 11) is 0. The third kappa shape index (κ3) is 5.48. The van der Waals surface area contributed by atoms with E-state index in [-0.39, 0.29) is 18.3 Å². The molecule has 1 fully saturated rings. The predicted molar refractivity (Wildman–Crippen MR) is 84.8 cm³/mol. The molecule has 0 spiro atoms. The van der Waals surface area contributed by atoms with Crippen molar-refractivity contribution in [2.24, 2.45) is 0 Å². The summed E-state index contributed by atoms with van der Waals surface area (Å²) < 4.78 is 1.10. The van der Waals surface area contributed by atoms with E-state index in [1.165, 1.54) is 4.88 Å². The van der Waals surface area contributed by atoms with Crippen molar-refractivity contribution in [3.8, 4) is 0 Å². The molecule has 1 atom stereocenters. The smallest absolute Gasteiger partial charge is 0.221 e. The molecule has 102 valence electrons. The summed E-state index contributed by atoms with van der Waals surface area (Å²) in [5.41, 5.74) is 0. The first-order valence-corrected chi connectivity index (χ1v) is 8.32. The molecular formula is C11H16BrClN2OS2. The van der Waals surface area contributed by atoms with Gasteiger partial charge in [0.25, 0.3) is 0 Å². The third-order valence-corrected chi connectivity index (χ3v) is 5.27. The van der Waals surface area contributed by atoms with E-state index in [2.05, 4.69) is 26.6 Å². The molecule has 1 unspecified atom stereocenters. The molecule has 1 aliphatic rings. The van der Waals surface area contributed by atoms with Crippen molar-refractivity contribution >= 4 is 57.3 Å². The van der Waals surface area contributed by atoms with Gasteiger partial charge in [0.1, 0.15) is 0 Å². The lowest BCUT2D eigenvalue weighted by atomic mass is 10.2. The lowest BCUT2D eigenvalue weighted by Gasteiger charge is -2.22. The topological polar surface area (TPSA) is 41.1 Å². The van der Waals surface area contributed by atoms with Crippen LogP contribution in [0.4, 0.5) is 0 Å². The van der Waals surface area contributed by atoms with Gasteiger partial charge in [-0.2, -0.15) is 11.8 Å². The highest BCUT2D eigenvalue weighted by Gasteiger charge is 2.16. The van der Waals surface area contributed by atoms with Crippen LogP contribution in [0.3, 0.4) is 0 Å². The van der Waals surface area contributed by atoms with Gasteiger partial charge in [0, 0.05) is 35.4 Å². The van der Waals surface area contributed by atoms with Gasteiger partial charge in [-0.15, -0.1) is 23.7 Å². The first kappa shape index (κ1) is 16.3. The monoisotopic (exact) mass is 370 g/mol. The van der Waals surface area contributed by atoms with Crippen LogP contribution in [-0.4, -0.2) is 30.0 Å². The maximum atomic E-state index is 11.7. The second-order valence-electron chi connectivity index (χ2n) is 3.91. The number of hydrogen-bond donors (Lipinski definition) is 2. The molecule has 1 aromatic rings. The molecule has 7 heteroatoms. The highest BCUT2D eigenvalue weighted by Crippen LogP contribution is 2.21. The van der Waals surface area contributed by atoms with Crippen LogP contribution in [0.1, 0.15) is 11.3 Å². The molecule has 18 heavy (non-hydrogen) atoms. The van der Waals surface area contributed by atoms with Gasteiger partial charge in [0.2, 0.25) is 5.91 Å². The van der Waals surface area contributed by atoms with Gasteiger partial charge in [0.05, 0.1) is 10.3 Å². The lowest BCUT2D eigenvalue weighted by molar-refractivity contribution is -0.121. The van der Waals surface area contributed by atoms with Gasteiger partial charge in [-0.25, -0.2) is 0 Å². The van der Waals surface area contributed by atoms with E-state index in [4.69, 9.17) is 0 Å². The van der Waals surface area contributed by atoms with Gasteiger partial charge < -0.3 is 10.6 Å². The second kappa shape index (κ2) is 8.43. The number of hydrogen-bond acceptors (Lipinski definition) is 4. The predicted octanol–water partition coefficient (Wildman–Crippen LogP) is 2.64. The SMILES string of the molecule is Cl.O=C(CC1CSCCN1)NCc1ccc(Br)s1. The molecule has 2 heterocycles. The van der Waals surface area contributed by atoms with E-state index in [1.807, 2.05) is 23.9 Å². The fourth-order valence-electron chi connectivity index (χ4n) is 1.68. The fraction of sp³-hybridized carbons (Fsp3) is 0.545. The largest absolute Gasteiger partial charge is 0.351 e. The Morgan fingerprint density at radius 2 is 2.39 bits per heavy atom. The summed E-state index contributed by atoms with van der Waals surface area (Å²) in [6.07, 6.45) is 0.583. The molecule has 1 saturated heterocycles. The minimum Gasteiger partial charge on any atom is -0.351 e. The average Bonchev–Trinajstić information content (AvgIpc) is 2.74. The zero-order valence-electron chi connectivity index (χ0n) is 9.78. The molecule has 1 aromatic heterocycles. The van der Waals surface area contributed by atoms with Crippen molar-refractivity contribution in [1.82, 2.24) is 10.6 Å². The minimum atomic E-state index is 0. The van der Waals surface area contributed by atoms with Gasteiger partial charge in [-0.05, 0) is 28.1 Å². The molecule has 3 nitrogen and oxygen atoms in total. The van der Waals surface area contributed by atoms with Gasteiger partial charge in [-0.1, -0.05) is 0 Å². The Kier molecular flexibility index (Phi) is 7.63. The van der Waals surface area contributed by atoms with E-state index in [0.717, 1.165) is 21.8 Å². The van der Waals surface area contributed by atoms with Crippen LogP contribution in [0.5, 0.6) is 0 Å². The highest BCUT2D eigenvalue weighted by atomic mass is 79.9. The molecule has 1 aliphatic heterocycles. The number of carbonyl (C=O) groups is 1. The zero-order chi connectivity index (χ0) is 12.1. The quantitative estimate of drug-likeness (QED) is 0.855. The third-order valence-electron chi connectivity index (χ3n) is 2.52. The summed E-state index contributed by atoms with van der Waals surface area (Å²) in [4.78, 5) is 12.9. The molecule has 0 aromatic carbocycles. The molecule has 0 radical (unpaired) electrons. The normalized spacial score (nSPS) is 19.1. The van der Waals surface area contributed by atoms with Crippen molar-refractivity contribution in [2.75, 3.05) is 18.1 Å². The molecule has 0 saturated carbocycles.